The van der Waals surface area contributed by atoms with E-state index in [4.69, 9.17) is 5.73 Å². The van der Waals surface area contributed by atoms with Crippen LogP contribution in [-0.2, 0) is 0 Å². The monoisotopic (exact) mass is 404 g/mol. The quantitative estimate of drug-likeness (QED) is 0.849. The van der Waals surface area contributed by atoms with E-state index in [0.29, 0.717) is 5.92 Å². The largest absolute Gasteiger partial charge is 0.338 e. The lowest BCUT2D eigenvalue weighted by Crippen LogP contribution is -2.45. The number of rotatable bonds is 3. The molecule has 0 aliphatic carbocycles. The number of carbonyl (C=O) groups excluding carboxylic acids is 1. The van der Waals surface area contributed by atoms with Crippen molar-refractivity contribution in [3.8, 4) is 5.13 Å². The second-order valence-electron chi connectivity index (χ2n) is 6.45. The molecule has 0 saturated carbocycles. The van der Waals surface area contributed by atoms with Gasteiger partial charge in [-0.2, -0.15) is 0 Å². The highest BCUT2D eigenvalue weighted by molar-refractivity contribution is 7.12. The Kier molecular flexibility index (Phi) is 7.93. The zero-order valence-corrected chi connectivity index (χ0v) is 17.2. The van der Waals surface area contributed by atoms with Gasteiger partial charge in [0.05, 0.1) is 5.56 Å². The van der Waals surface area contributed by atoms with Crippen LogP contribution in [0.1, 0.15) is 41.5 Å². The summed E-state index contributed by atoms with van der Waals surface area (Å²) in [4.78, 5) is 19.3. The fourth-order valence-electron chi connectivity index (χ4n) is 3.39. The number of thiazole rings is 1. The average Bonchev–Trinajstić information content (AvgIpc) is 3.14. The molecule has 0 bridgehead atoms. The lowest BCUT2D eigenvalue weighted by atomic mass is 9.92. The van der Waals surface area contributed by atoms with Crippen LogP contribution in [0.5, 0.6) is 0 Å². The number of piperidine rings is 1. The van der Waals surface area contributed by atoms with Crippen molar-refractivity contribution in [3.63, 3.8) is 0 Å². The van der Waals surface area contributed by atoms with Gasteiger partial charge in [-0.15, -0.1) is 36.2 Å². The summed E-state index contributed by atoms with van der Waals surface area (Å²) in [6.45, 7) is 7.63. The molecule has 1 fully saturated rings. The van der Waals surface area contributed by atoms with E-state index < -0.39 is 0 Å². The Morgan fingerprint density at radius 3 is 2.72 bits per heavy atom. The Morgan fingerprint density at radius 1 is 1.40 bits per heavy atom. The first-order valence-corrected chi connectivity index (χ1v) is 9.00. The van der Waals surface area contributed by atoms with Crippen LogP contribution in [0, 0.1) is 19.8 Å². The van der Waals surface area contributed by atoms with Gasteiger partial charge in [-0.3, -0.25) is 9.36 Å². The Morgan fingerprint density at radius 2 is 2.12 bits per heavy atom. The second-order valence-corrected chi connectivity index (χ2v) is 7.32. The van der Waals surface area contributed by atoms with E-state index in [1.807, 2.05) is 37.1 Å². The third kappa shape index (κ3) is 4.37. The zero-order valence-electron chi connectivity index (χ0n) is 14.8. The van der Waals surface area contributed by atoms with Crippen molar-refractivity contribution in [1.82, 2.24) is 14.5 Å². The van der Waals surface area contributed by atoms with Crippen LogP contribution < -0.4 is 5.73 Å². The van der Waals surface area contributed by atoms with Crippen LogP contribution in [0.4, 0.5) is 0 Å². The highest BCUT2D eigenvalue weighted by Gasteiger charge is 2.28. The first kappa shape index (κ1) is 22.0. The number of nitrogens with two attached hydrogens (primary N) is 1. The fraction of sp³-hybridized carbons (Fsp3) is 0.529. The van der Waals surface area contributed by atoms with Gasteiger partial charge in [0.15, 0.2) is 5.13 Å². The number of aromatic nitrogens is 2. The van der Waals surface area contributed by atoms with Crippen LogP contribution in [0.15, 0.2) is 17.6 Å². The van der Waals surface area contributed by atoms with E-state index in [1.54, 1.807) is 17.5 Å². The van der Waals surface area contributed by atoms with Crippen LogP contribution >= 0.6 is 36.2 Å². The van der Waals surface area contributed by atoms with Crippen LogP contribution in [-0.4, -0.2) is 39.5 Å². The summed E-state index contributed by atoms with van der Waals surface area (Å²) >= 11 is 1.58. The van der Waals surface area contributed by atoms with E-state index in [9.17, 15) is 4.79 Å². The minimum atomic E-state index is 0. The molecule has 3 heterocycles. The predicted molar refractivity (Wildman–Crippen MR) is 108 cm³/mol. The number of hydrogen-bond acceptors (Lipinski definition) is 4. The molecule has 2 aromatic heterocycles. The number of carbonyl (C=O) groups is 1. The van der Waals surface area contributed by atoms with Gasteiger partial charge in [0.2, 0.25) is 0 Å². The van der Waals surface area contributed by atoms with Gasteiger partial charge in [0.25, 0.3) is 5.91 Å². The first-order chi connectivity index (χ1) is 11.0. The molecule has 2 unspecified atom stereocenters. The Labute approximate surface area is 165 Å². The normalized spacial score (nSPS) is 18.2. The van der Waals surface area contributed by atoms with E-state index in [2.05, 4.69) is 9.55 Å². The predicted octanol–water partition coefficient (Wildman–Crippen LogP) is 3.59. The first-order valence-electron chi connectivity index (χ1n) is 8.12. The maximum absolute atomic E-state index is 13.0. The SMILES string of the molecule is Cc1cc(C(=O)N2CCCC(C(C)N)C2)c(C)n1-c1nccs1.Cl.Cl. The van der Waals surface area contributed by atoms with E-state index in [0.717, 1.165) is 48.0 Å². The smallest absolute Gasteiger partial charge is 0.255 e. The summed E-state index contributed by atoms with van der Waals surface area (Å²) in [6, 6.07) is 2.11. The molecule has 3 rings (SSSR count). The van der Waals surface area contributed by atoms with Gasteiger partial charge in [-0.25, -0.2) is 4.98 Å². The molecule has 0 aromatic carbocycles. The number of halogens is 2. The van der Waals surface area contributed by atoms with Crippen LogP contribution in [0.2, 0.25) is 0 Å². The maximum atomic E-state index is 13.0. The number of likely N-dealkylation sites (tertiary alicyclic amines) is 1. The molecule has 0 radical (unpaired) electrons. The molecular weight excluding hydrogens is 379 g/mol. The fourth-order valence-corrected chi connectivity index (χ4v) is 4.15. The van der Waals surface area contributed by atoms with Gasteiger partial charge < -0.3 is 10.6 Å². The topological polar surface area (TPSA) is 64.2 Å². The standard InChI is InChI=1S/C17H24N4OS.2ClH/c1-11-9-15(13(3)21(11)17-19-6-8-23-17)16(22)20-7-4-5-14(10-20)12(2)18;;/h6,8-9,12,14H,4-5,7,10,18H2,1-3H3;2*1H. The summed E-state index contributed by atoms with van der Waals surface area (Å²) in [7, 11) is 0. The molecule has 1 aliphatic rings. The summed E-state index contributed by atoms with van der Waals surface area (Å²) in [5, 5.41) is 2.86. The number of nitrogens with zero attached hydrogens (tertiary/aromatic N) is 3. The Balaban J connectivity index is 0.00000156. The molecular formula is C17H26Cl2N4OS. The summed E-state index contributed by atoms with van der Waals surface area (Å²) in [5.41, 5.74) is 8.83. The molecule has 2 aromatic rings. The molecule has 5 nitrogen and oxygen atoms in total. The van der Waals surface area contributed by atoms with Crippen LogP contribution in [0.25, 0.3) is 5.13 Å². The highest BCUT2D eigenvalue weighted by Crippen LogP contribution is 2.26. The van der Waals surface area contributed by atoms with Gasteiger partial charge in [-0.05, 0) is 45.6 Å². The number of hydrogen-bond donors (Lipinski definition) is 1. The lowest BCUT2D eigenvalue weighted by molar-refractivity contribution is 0.0660. The van der Waals surface area contributed by atoms with E-state index >= 15 is 0 Å². The molecule has 1 amide bonds. The molecule has 1 saturated heterocycles. The minimum Gasteiger partial charge on any atom is -0.338 e. The third-order valence-corrected chi connectivity index (χ3v) is 5.52. The van der Waals surface area contributed by atoms with E-state index in [1.165, 1.54) is 0 Å². The minimum absolute atomic E-state index is 0. The number of aryl methyl sites for hydroxylation is 1. The van der Waals surface area contributed by atoms with Gasteiger partial charge in [0, 0.05) is 42.1 Å². The van der Waals surface area contributed by atoms with Crippen molar-refractivity contribution in [2.75, 3.05) is 13.1 Å². The molecule has 2 atom stereocenters. The Hall–Kier alpha value is -1.08. The van der Waals surface area contributed by atoms with Gasteiger partial charge in [0.1, 0.15) is 0 Å². The summed E-state index contributed by atoms with van der Waals surface area (Å²) < 4.78 is 2.06. The molecule has 8 heteroatoms. The third-order valence-electron chi connectivity index (χ3n) is 4.76. The van der Waals surface area contributed by atoms with Crippen molar-refractivity contribution in [2.24, 2.45) is 11.7 Å². The molecule has 2 N–H and O–H groups in total. The molecule has 25 heavy (non-hydrogen) atoms. The van der Waals surface area contributed by atoms with Crippen molar-refractivity contribution >= 4 is 42.1 Å². The van der Waals surface area contributed by atoms with Crippen molar-refractivity contribution < 1.29 is 4.79 Å². The van der Waals surface area contributed by atoms with Gasteiger partial charge >= 0.3 is 0 Å². The molecule has 140 valence electrons. The molecule has 0 spiro atoms. The summed E-state index contributed by atoms with van der Waals surface area (Å²) in [6.07, 6.45) is 3.93. The average molecular weight is 405 g/mol. The molecule has 1 aliphatic heterocycles. The van der Waals surface area contributed by atoms with Crippen LogP contribution in [0.3, 0.4) is 0 Å². The van der Waals surface area contributed by atoms with E-state index in [-0.39, 0.29) is 36.8 Å². The van der Waals surface area contributed by atoms with Crippen molar-refractivity contribution in [3.05, 3.63) is 34.6 Å². The lowest BCUT2D eigenvalue weighted by Gasteiger charge is -2.34. The Bertz CT molecular complexity index is 700. The van der Waals surface area contributed by atoms with Crippen molar-refractivity contribution in [2.45, 2.75) is 39.7 Å². The van der Waals surface area contributed by atoms with Gasteiger partial charge in [-0.1, -0.05) is 0 Å². The zero-order chi connectivity index (χ0) is 16.6. The van der Waals surface area contributed by atoms with Crippen molar-refractivity contribution in [1.29, 1.82) is 0 Å². The number of amides is 1. The maximum Gasteiger partial charge on any atom is 0.255 e. The highest BCUT2D eigenvalue weighted by atomic mass is 35.5. The second kappa shape index (κ2) is 9.03. The summed E-state index contributed by atoms with van der Waals surface area (Å²) in [5.74, 6) is 0.515.